The zero-order valence-electron chi connectivity index (χ0n) is 10.8. The molecule has 100 valence electrons. The molecule has 1 amide bonds. The average Bonchev–Trinajstić information content (AvgIpc) is 2.47. The lowest BCUT2D eigenvalue weighted by molar-refractivity contribution is -0.116. The summed E-state index contributed by atoms with van der Waals surface area (Å²) in [5.41, 5.74) is 1.45. The first kappa shape index (κ1) is 14.1. The van der Waals surface area contributed by atoms with E-state index in [1.54, 1.807) is 30.5 Å². The average molecular weight is 285 g/mol. The molecule has 0 saturated carbocycles. The molecule has 20 heavy (non-hydrogen) atoms. The number of amides is 1. The van der Waals surface area contributed by atoms with Crippen molar-refractivity contribution in [1.82, 2.24) is 4.98 Å². The van der Waals surface area contributed by atoms with Crippen LogP contribution in [-0.4, -0.2) is 10.9 Å². The van der Waals surface area contributed by atoms with Gasteiger partial charge in [0.05, 0.1) is 0 Å². The van der Waals surface area contributed by atoms with Crippen molar-refractivity contribution < 1.29 is 4.79 Å². The fourth-order valence-corrected chi connectivity index (χ4v) is 1.65. The van der Waals surface area contributed by atoms with E-state index < -0.39 is 0 Å². The van der Waals surface area contributed by atoms with Crippen molar-refractivity contribution in [3.8, 4) is 11.8 Å². The zero-order chi connectivity index (χ0) is 14.2. The molecular formula is C16H13ClN2O. The summed E-state index contributed by atoms with van der Waals surface area (Å²) >= 11 is 5.77. The van der Waals surface area contributed by atoms with Gasteiger partial charge in [-0.3, -0.25) is 4.79 Å². The van der Waals surface area contributed by atoms with Crippen LogP contribution < -0.4 is 5.32 Å². The first-order valence-electron chi connectivity index (χ1n) is 6.19. The molecule has 3 nitrogen and oxygen atoms in total. The van der Waals surface area contributed by atoms with E-state index in [1.165, 1.54) is 0 Å². The SMILES string of the molecule is O=C(CCC#Cc1ccccn1)Nc1ccc(Cl)cc1. The van der Waals surface area contributed by atoms with Crippen molar-refractivity contribution in [2.45, 2.75) is 12.8 Å². The fourth-order valence-electron chi connectivity index (χ4n) is 1.52. The summed E-state index contributed by atoms with van der Waals surface area (Å²) in [7, 11) is 0. The highest BCUT2D eigenvalue weighted by Gasteiger charge is 2.00. The summed E-state index contributed by atoms with van der Waals surface area (Å²) < 4.78 is 0. The van der Waals surface area contributed by atoms with Crippen molar-refractivity contribution in [1.29, 1.82) is 0 Å². The van der Waals surface area contributed by atoms with Crippen LogP contribution in [0.2, 0.25) is 5.02 Å². The van der Waals surface area contributed by atoms with Gasteiger partial charge in [0.25, 0.3) is 0 Å². The number of carbonyl (C=O) groups excluding carboxylic acids is 1. The van der Waals surface area contributed by atoms with E-state index in [4.69, 9.17) is 11.6 Å². The summed E-state index contributed by atoms with van der Waals surface area (Å²) in [5.74, 6) is 5.78. The standard InChI is InChI=1S/C16H13ClN2O/c17-13-8-10-15(11-9-13)19-16(20)7-2-1-5-14-6-3-4-12-18-14/h3-4,6,8-12H,2,7H2,(H,19,20). The van der Waals surface area contributed by atoms with Crippen LogP contribution >= 0.6 is 11.6 Å². The highest BCUT2D eigenvalue weighted by atomic mass is 35.5. The molecule has 1 aromatic heterocycles. The molecule has 2 aromatic rings. The molecule has 4 heteroatoms. The zero-order valence-corrected chi connectivity index (χ0v) is 11.5. The summed E-state index contributed by atoms with van der Waals surface area (Å²) in [6.45, 7) is 0. The third kappa shape index (κ3) is 4.75. The second-order valence-electron chi connectivity index (χ2n) is 4.07. The van der Waals surface area contributed by atoms with E-state index in [0.29, 0.717) is 23.6 Å². The second kappa shape index (κ2) is 7.32. The number of anilines is 1. The highest BCUT2D eigenvalue weighted by molar-refractivity contribution is 6.30. The van der Waals surface area contributed by atoms with E-state index in [1.807, 2.05) is 18.2 Å². The number of nitrogens with one attached hydrogen (secondary N) is 1. The minimum absolute atomic E-state index is 0.0670. The maximum Gasteiger partial charge on any atom is 0.225 e. The van der Waals surface area contributed by atoms with Crippen molar-refractivity contribution in [3.63, 3.8) is 0 Å². The van der Waals surface area contributed by atoms with Crippen molar-refractivity contribution in [3.05, 3.63) is 59.4 Å². The molecule has 0 spiro atoms. The predicted molar refractivity (Wildman–Crippen MR) is 80.4 cm³/mol. The van der Waals surface area contributed by atoms with Gasteiger partial charge >= 0.3 is 0 Å². The number of rotatable bonds is 3. The number of benzene rings is 1. The number of nitrogens with zero attached hydrogens (tertiary/aromatic N) is 1. The molecular weight excluding hydrogens is 272 g/mol. The third-order valence-corrected chi connectivity index (χ3v) is 2.74. The first-order chi connectivity index (χ1) is 9.74. The second-order valence-corrected chi connectivity index (χ2v) is 4.51. The van der Waals surface area contributed by atoms with Crippen molar-refractivity contribution >= 4 is 23.2 Å². The largest absolute Gasteiger partial charge is 0.326 e. The Balaban J connectivity index is 1.78. The number of pyridine rings is 1. The highest BCUT2D eigenvalue weighted by Crippen LogP contribution is 2.13. The predicted octanol–water partition coefficient (Wildman–Crippen LogP) is 3.51. The van der Waals surface area contributed by atoms with Gasteiger partial charge in [0.15, 0.2) is 0 Å². The summed E-state index contributed by atoms with van der Waals surface area (Å²) in [5, 5.41) is 3.43. The fraction of sp³-hybridized carbons (Fsp3) is 0.125. The van der Waals surface area contributed by atoms with E-state index in [-0.39, 0.29) is 5.91 Å². The number of carbonyl (C=O) groups is 1. The van der Waals surface area contributed by atoms with Crippen LogP contribution in [0.1, 0.15) is 18.5 Å². The summed E-state index contributed by atoms with van der Waals surface area (Å²) in [6.07, 6.45) is 2.54. The van der Waals surface area contributed by atoms with Gasteiger partial charge in [-0.1, -0.05) is 23.6 Å². The molecule has 1 heterocycles. The summed E-state index contributed by atoms with van der Waals surface area (Å²) in [4.78, 5) is 15.8. The van der Waals surface area contributed by atoms with E-state index in [2.05, 4.69) is 22.1 Å². The van der Waals surface area contributed by atoms with Crippen LogP contribution in [0.25, 0.3) is 0 Å². The molecule has 0 unspecified atom stereocenters. The third-order valence-electron chi connectivity index (χ3n) is 2.49. The normalized spacial score (nSPS) is 9.45. The van der Waals surface area contributed by atoms with Crippen LogP contribution in [0.15, 0.2) is 48.7 Å². The van der Waals surface area contributed by atoms with E-state index in [0.717, 1.165) is 5.69 Å². The minimum Gasteiger partial charge on any atom is -0.326 e. The van der Waals surface area contributed by atoms with Gasteiger partial charge in [-0.25, -0.2) is 4.98 Å². The van der Waals surface area contributed by atoms with Gasteiger partial charge in [0.1, 0.15) is 5.69 Å². The van der Waals surface area contributed by atoms with Crippen molar-refractivity contribution in [2.75, 3.05) is 5.32 Å². The first-order valence-corrected chi connectivity index (χ1v) is 6.57. The topological polar surface area (TPSA) is 42.0 Å². The Morgan fingerprint density at radius 3 is 2.70 bits per heavy atom. The lowest BCUT2D eigenvalue weighted by Crippen LogP contribution is -2.10. The van der Waals surface area contributed by atoms with E-state index >= 15 is 0 Å². The molecule has 0 bridgehead atoms. The molecule has 1 aromatic carbocycles. The van der Waals surface area contributed by atoms with Crippen LogP contribution in [0, 0.1) is 11.8 Å². The lowest BCUT2D eigenvalue weighted by atomic mass is 10.2. The minimum atomic E-state index is -0.0670. The molecule has 0 aliphatic rings. The maximum absolute atomic E-state index is 11.7. The number of aromatic nitrogens is 1. The monoisotopic (exact) mass is 284 g/mol. The van der Waals surface area contributed by atoms with Crippen LogP contribution in [-0.2, 0) is 4.79 Å². The van der Waals surface area contributed by atoms with Gasteiger partial charge < -0.3 is 5.32 Å². The lowest BCUT2D eigenvalue weighted by Gasteiger charge is -2.03. The Hall–Kier alpha value is -2.31. The van der Waals surface area contributed by atoms with E-state index in [9.17, 15) is 4.79 Å². The molecule has 0 fully saturated rings. The smallest absolute Gasteiger partial charge is 0.225 e. The molecule has 0 aliphatic heterocycles. The summed E-state index contributed by atoms with van der Waals surface area (Å²) in [6, 6.07) is 12.5. The quantitative estimate of drug-likeness (QED) is 0.877. The number of halogens is 1. The molecule has 1 N–H and O–H groups in total. The van der Waals surface area contributed by atoms with Crippen molar-refractivity contribution in [2.24, 2.45) is 0 Å². The number of hydrogen-bond acceptors (Lipinski definition) is 2. The van der Waals surface area contributed by atoms with Crippen LogP contribution in [0.3, 0.4) is 0 Å². The van der Waals surface area contributed by atoms with Gasteiger partial charge in [-0.2, -0.15) is 0 Å². The Kier molecular flexibility index (Phi) is 5.16. The molecule has 0 aliphatic carbocycles. The molecule has 2 rings (SSSR count). The van der Waals surface area contributed by atoms with Crippen LogP contribution in [0.4, 0.5) is 5.69 Å². The molecule has 0 atom stereocenters. The van der Waals surface area contributed by atoms with Gasteiger partial charge in [0.2, 0.25) is 5.91 Å². The Labute approximate surface area is 123 Å². The maximum atomic E-state index is 11.7. The van der Waals surface area contributed by atoms with Gasteiger partial charge in [0, 0.05) is 29.7 Å². The molecule has 0 saturated heterocycles. The Morgan fingerprint density at radius 2 is 2.00 bits per heavy atom. The Bertz CT molecular complexity index is 627. The number of hydrogen-bond donors (Lipinski definition) is 1. The van der Waals surface area contributed by atoms with Crippen LogP contribution in [0.5, 0.6) is 0 Å². The Morgan fingerprint density at radius 1 is 1.20 bits per heavy atom. The molecule has 0 radical (unpaired) electrons. The van der Waals surface area contributed by atoms with Gasteiger partial charge in [-0.15, -0.1) is 0 Å². The van der Waals surface area contributed by atoms with Gasteiger partial charge in [-0.05, 0) is 42.3 Å².